The summed E-state index contributed by atoms with van der Waals surface area (Å²) in [5.74, 6) is 0.873. The van der Waals surface area contributed by atoms with Crippen LogP contribution in [0.1, 0.15) is 65.2 Å². The van der Waals surface area contributed by atoms with E-state index < -0.39 is 0 Å². The van der Waals surface area contributed by atoms with Crippen LogP contribution in [0.3, 0.4) is 0 Å². The molecule has 0 amide bonds. The van der Waals surface area contributed by atoms with Crippen molar-refractivity contribution in [3.8, 4) is 0 Å². The number of hydrogen-bond acceptors (Lipinski definition) is 3. The third-order valence-corrected chi connectivity index (χ3v) is 7.40. The van der Waals surface area contributed by atoms with Crippen molar-refractivity contribution < 1.29 is 14.6 Å². The number of ether oxygens (including phenoxy) is 1. The first-order valence-electron chi connectivity index (χ1n) is 10.2. The summed E-state index contributed by atoms with van der Waals surface area (Å²) in [4.78, 5) is 12.1. The number of aliphatic hydroxyl groups is 1. The Morgan fingerprint density at radius 3 is 2.81 bits per heavy atom. The lowest BCUT2D eigenvalue weighted by atomic mass is 9.61. The lowest BCUT2D eigenvalue weighted by Crippen LogP contribution is -2.38. The second-order valence-corrected chi connectivity index (χ2v) is 8.84. The highest BCUT2D eigenvalue weighted by molar-refractivity contribution is 5.72. The molecule has 0 spiro atoms. The summed E-state index contributed by atoms with van der Waals surface area (Å²) < 4.78 is 5.03. The van der Waals surface area contributed by atoms with E-state index in [4.69, 9.17) is 4.74 Å². The molecule has 0 aromatic heterocycles. The molecule has 1 N–H and O–H groups in total. The van der Waals surface area contributed by atoms with Gasteiger partial charge in [0.1, 0.15) is 0 Å². The largest absolute Gasteiger partial charge is 0.469 e. The van der Waals surface area contributed by atoms with Crippen LogP contribution >= 0.6 is 0 Å². The fourth-order valence-electron chi connectivity index (χ4n) is 5.85. The quantitative estimate of drug-likeness (QED) is 0.725. The molecule has 5 atom stereocenters. The summed E-state index contributed by atoms with van der Waals surface area (Å²) in [7, 11) is 1.50. The standard InChI is InChI=1S/C23H34O3/c1-15-7-10-19(24)14-18(15)9-8-17-6-5-13-23(3)20(11-12-21(17)23)16(2)22(25)26-4/h8-9,16,19-21,24H,1,5-7,10-14H2,2-4H3/b17-8+,18-9-/t16?,19-,20?,21?,23+/m0/s1. The zero-order valence-corrected chi connectivity index (χ0v) is 16.6. The van der Waals surface area contributed by atoms with Gasteiger partial charge in [-0.05, 0) is 74.2 Å². The van der Waals surface area contributed by atoms with Gasteiger partial charge in [-0.25, -0.2) is 0 Å². The van der Waals surface area contributed by atoms with E-state index in [1.54, 1.807) is 0 Å². The molecule has 3 saturated carbocycles. The Labute approximate surface area is 158 Å². The molecule has 3 heteroatoms. The molecule has 144 valence electrons. The average Bonchev–Trinajstić information content (AvgIpc) is 2.98. The van der Waals surface area contributed by atoms with Crippen molar-refractivity contribution in [2.45, 2.75) is 71.3 Å². The summed E-state index contributed by atoms with van der Waals surface area (Å²) in [6, 6.07) is 0. The van der Waals surface area contributed by atoms with Crippen LogP contribution in [0.15, 0.2) is 35.5 Å². The number of allylic oxidation sites excluding steroid dienone is 4. The molecule has 0 aromatic carbocycles. The van der Waals surface area contributed by atoms with Gasteiger partial charge in [-0.2, -0.15) is 0 Å². The summed E-state index contributed by atoms with van der Waals surface area (Å²) in [6.45, 7) is 8.60. The minimum atomic E-state index is -0.224. The molecule has 3 aliphatic rings. The Kier molecular flexibility index (Phi) is 5.76. The van der Waals surface area contributed by atoms with E-state index in [1.807, 2.05) is 6.92 Å². The number of carbonyl (C=O) groups excluding carboxylic acids is 1. The maximum atomic E-state index is 12.1. The SMILES string of the molecule is C=C1CC[C@H](O)C/C1=C/C=C1\CCC[C@@]2(C)C1CCC2C(C)C(=O)OC. The van der Waals surface area contributed by atoms with E-state index in [-0.39, 0.29) is 23.4 Å². The predicted octanol–water partition coefficient (Wildman–Crippen LogP) is 4.97. The van der Waals surface area contributed by atoms with Gasteiger partial charge in [0, 0.05) is 0 Å². The maximum Gasteiger partial charge on any atom is 0.308 e. The van der Waals surface area contributed by atoms with Crippen molar-refractivity contribution in [2.75, 3.05) is 7.11 Å². The average molecular weight is 359 g/mol. The van der Waals surface area contributed by atoms with Crippen molar-refractivity contribution in [3.05, 3.63) is 35.5 Å². The number of aliphatic hydroxyl groups excluding tert-OH is 1. The highest BCUT2D eigenvalue weighted by Gasteiger charge is 2.52. The Morgan fingerprint density at radius 2 is 2.08 bits per heavy atom. The maximum absolute atomic E-state index is 12.1. The number of fused-ring (bicyclic) bond motifs is 1. The van der Waals surface area contributed by atoms with E-state index in [9.17, 15) is 9.90 Å². The van der Waals surface area contributed by atoms with Crippen molar-refractivity contribution in [2.24, 2.45) is 23.2 Å². The van der Waals surface area contributed by atoms with Gasteiger partial charge in [-0.3, -0.25) is 4.79 Å². The highest BCUT2D eigenvalue weighted by atomic mass is 16.5. The lowest BCUT2D eigenvalue weighted by Gasteiger charge is -2.43. The van der Waals surface area contributed by atoms with Crippen LogP contribution in [0.2, 0.25) is 0 Å². The van der Waals surface area contributed by atoms with Gasteiger partial charge < -0.3 is 9.84 Å². The number of esters is 1. The second-order valence-electron chi connectivity index (χ2n) is 8.84. The molecule has 3 unspecified atom stereocenters. The third-order valence-electron chi connectivity index (χ3n) is 7.40. The molecule has 0 bridgehead atoms. The summed E-state index contributed by atoms with van der Waals surface area (Å²) >= 11 is 0. The number of hydrogen-bond donors (Lipinski definition) is 1. The van der Waals surface area contributed by atoms with Gasteiger partial charge in [-0.1, -0.05) is 43.7 Å². The molecular weight excluding hydrogens is 324 g/mol. The fourth-order valence-corrected chi connectivity index (χ4v) is 5.85. The highest BCUT2D eigenvalue weighted by Crippen LogP contribution is 2.59. The van der Waals surface area contributed by atoms with E-state index in [2.05, 4.69) is 25.7 Å². The van der Waals surface area contributed by atoms with Crippen LogP contribution in [0.25, 0.3) is 0 Å². The third kappa shape index (κ3) is 3.55. The van der Waals surface area contributed by atoms with Gasteiger partial charge in [0.25, 0.3) is 0 Å². The van der Waals surface area contributed by atoms with Crippen molar-refractivity contribution in [3.63, 3.8) is 0 Å². The van der Waals surface area contributed by atoms with E-state index >= 15 is 0 Å². The lowest BCUT2D eigenvalue weighted by molar-refractivity contribution is -0.148. The van der Waals surface area contributed by atoms with Crippen LogP contribution in [0.4, 0.5) is 0 Å². The zero-order valence-electron chi connectivity index (χ0n) is 16.6. The molecule has 0 radical (unpaired) electrons. The molecule has 3 rings (SSSR count). The summed E-state index contributed by atoms with van der Waals surface area (Å²) in [5.41, 5.74) is 4.10. The van der Waals surface area contributed by atoms with E-state index in [0.717, 1.165) is 32.1 Å². The van der Waals surface area contributed by atoms with Gasteiger partial charge in [0.2, 0.25) is 0 Å². The molecule has 3 fully saturated rings. The summed E-state index contributed by atoms with van der Waals surface area (Å²) in [5, 5.41) is 9.95. The number of rotatable bonds is 3. The molecule has 3 nitrogen and oxygen atoms in total. The predicted molar refractivity (Wildman–Crippen MR) is 105 cm³/mol. The Hall–Kier alpha value is -1.35. The van der Waals surface area contributed by atoms with Crippen molar-refractivity contribution >= 4 is 5.97 Å². The Morgan fingerprint density at radius 1 is 1.31 bits per heavy atom. The first-order chi connectivity index (χ1) is 12.4. The van der Waals surface area contributed by atoms with Crippen LogP contribution in [0, 0.1) is 23.2 Å². The molecule has 26 heavy (non-hydrogen) atoms. The van der Waals surface area contributed by atoms with Crippen LogP contribution in [-0.2, 0) is 9.53 Å². The topological polar surface area (TPSA) is 46.5 Å². The fraction of sp³-hybridized carbons (Fsp3) is 0.696. The molecule has 0 aliphatic heterocycles. The second kappa shape index (κ2) is 7.72. The number of methoxy groups -OCH3 is 1. The minimum absolute atomic E-state index is 0.0269. The zero-order chi connectivity index (χ0) is 18.9. The van der Waals surface area contributed by atoms with Crippen LogP contribution in [0.5, 0.6) is 0 Å². The van der Waals surface area contributed by atoms with Gasteiger partial charge >= 0.3 is 5.97 Å². The molecule has 0 saturated heterocycles. The first kappa shape index (κ1) is 19.4. The smallest absolute Gasteiger partial charge is 0.308 e. The van der Waals surface area contributed by atoms with E-state index in [0.29, 0.717) is 11.8 Å². The first-order valence-corrected chi connectivity index (χ1v) is 10.2. The normalized spacial score (nSPS) is 39.1. The summed E-state index contributed by atoms with van der Waals surface area (Å²) in [6.07, 6.45) is 12.6. The Bertz CT molecular complexity index is 629. The van der Waals surface area contributed by atoms with Gasteiger partial charge in [-0.15, -0.1) is 0 Å². The minimum Gasteiger partial charge on any atom is -0.469 e. The van der Waals surface area contributed by atoms with Gasteiger partial charge in [0.05, 0.1) is 19.1 Å². The molecule has 3 aliphatic carbocycles. The van der Waals surface area contributed by atoms with Gasteiger partial charge in [0.15, 0.2) is 0 Å². The van der Waals surface area contributed by atoms with Crippen molar-refractivity contribution in [1.82, 2.24) is 0 Å². The molecular formula is C23H34O3. The monoisotopic (exact) mass is 358 g/mol. The molecule has 0 aromatic rings. The molecule has 0 heterocycles. The van der Waals surface area contributed by atoms with Crippen LogP contribution in [-0.4, -0.2) is 24.3 Å². The van der Waals surface area contributed by atoms with Crippen LogP contribution < -0.4 is 0 Å². The van der Waals surface area contributed by atoms with E-state index in [1.165, 1.54) is 43.1 Å². The number of carbonyl (C=O) groups is 1. The van der Waals surface area contributed by atoms with Crippen molar-refractivity contribution in [1.29, 1.82) is 0 Å². The Balaban J connectivity index is 1.81.